The molecule has 2 aliphatic heterocycles. The number of nitrogens with one attached hydrogen (secondary N) is 2. The summed E-state index contributed by atoms with van der Waals surface area (Å²) in [5.41, 5.74) is 13.7. The summed E-state index contributed by atoms with van der Waals surface area (Å²) in [5, 5.41) is 23.8. The summed E-state index contributed by atoms with van der Waals surface area (Å²) in [6.45, 7) is 31.3. The summed E-state index contributed by atoms with van der Waals surface area (Å²) < 4.78 is 23.6. The van der Waals surface area contributed by atoms with Crippen molar-refractivity contribution in [3.63, 3.8) is 0 Å². The van der Waals surface area contributed by atoms with E-state index in [-0.39, 0.29) is 11.7 Å². The predicted molar refractivity (Wildman–Crippen MR) is 263 cm³/mol. The van der Waals surface area contributed by atoms with Crippen molar-refractivity contribution in [3.8, 4) is 29.1 Å². The molecule has 0 saturated carbocycles. The third kappa shape index (κ3) is 18.0. The van der Waals surface area contributed by atoms with Crippen molar-refractivity contribution >= 4 is 17.4 Å². The molecule has 4 unspecified atom stereocenters. The standard InChI is InChI=1S/C26H38N6O2.C26H32N4O2/c1-19(17-33-23-7-3-21(4-8-23)25(27)28)15-31-11-13-32(14-12-31)16-20(2)18-34-24-9-5-22(6-10-24)26(29)30;1-21(19-31-25-8-4-23(16-27)5-9-25)17-29-12-14-30(15-13-29)18-22(2)20-32-26-10-6-24(28-3)7-11-26/h3-10,19-20H,11-18H2,1-2H3,(H3,27,28)(H3,29,30);4-11,21-22H,12-15,17-20H2,1-2H3. The normalized spacial score (nSPS) is 16.5. The number of nitrogens with zero attached hydrogens (tertiary/aromatic N) is 6. The lowest BCUT2D eigenvalue weighted by molar-refractivity contribution is 0.0922. The van der Waals surface area contributed by atoms with Crippen molar-refractivity contribution in [2.75, 3.05) is 105 Å². The number of hydrogen-bond acceptors (Lipinski definition) is 11. The Morgan fingerprint density at radius 2 is 0.773 bits per heavy atom. The fourth-order valence-corrected chi connectivity index (χ4v) is 7.94. The molecule has 2 heterocycles. The number of benzene rings is 4. The Labute approximate surface area is 392 Å². The number of amidine groups is 2. The Balaban J connectivity index is 0.000000248. The van der Waals surface area contributed by atoms with Crippen LogP contribution in [0.4, 0.5) is 5.69 Å². The van der Waals surface area contributed by atoms with E-state index in [0.717, 1.165) is 102 Å². The van der Waals surface area contributed by atoms with Gasteiger partial charge in [0.15, 0.2) is 5.69 Å². The van der Waals surface area contributed by atoms with Crippen LogP contribution in [0.15, 0.2) is 97.1 Å². The van der Waals surface area contributed by atoms with Crippen LogP contribution in [0.1, 0.15) is 44.4 Å². The maximum Gasteiger partial charge on any atom is 0.187 e. The van der Waals surface area contributed by atoms with Crippen molar-refractivity contribution in [2.24, 2.45) is 35.1 Å². The van der Waals surface area contributed by atoms with E-state index in [1.54, 1.807) is 24.3 Å². The van der Waals surface area contributed by atoms with Gasteiger partial charge in [0.05, 0.1) is 44.6 Å². The molecule has 6 N–H and O–H groups in total. The molecular weight excluding hydrogens is 829 g/mol. The van der Waals surface area contributed by atoms with Gasteiger partial charge in [0, 0.05) is 113 Å². The number of nitriles is 1. The van der Waals surface area contributed by atoms with Crippen LogP contribution in [0.5, 0.6) is 23.0 Å². The van der Waals surface area contributed by atoms with E-state index in [9.17, 15) is 0 Å². The van der Waals surface area contributed by atoms with E-state index in [2.05, 4.69) is 58.2 Å². The van der Waals surface area contributed by atoms with Gasteiger partial charge in [0.25, 0.3) is 0 Å². The molecule has 2 aliphatic rings. The van der Waals surface area contributed by atoms with Crippen molar-refractivity contribution in [2.45, 2.75) is 27.7 Å². The Morgan fingerprint density at radius 1 is 0.515 bits per heavy atom. The van der Waals surface area contributed by atoms with E-state index in [0.29, 0.717) is 72.5 Å². The lowest BCUT2D eigenvalue weighted by Crippen LogP contribution is -2.49. The molecule has 0 spiro atoms. The summed E-state index contributed by atoms with van der Waals surface area (Å²) in [5.74, 6) is 5.16. The number of hydrogen-bond donors (Lipinski definition) is 4. The number of piperazine rings is 2. The SMILES string of the molecule is CC(COc1ccc(C(=N)N)cc1)CN1CCN(CC(C)COc2ccc(C(=N)N)cc2)CC1.[C-]#[N+]c1ccc(OCC(C)CN2CCN(CC(C)COc3ccc(C#N)cc3)CC2)cc1. The van der Waals surface area contributed by atoms with Gasteiger partial charge in [-0.1, -0.05) is 39.8 Å². The molecule has 2 fully saturated rings. The van der Waals surface area contributed by atoms with Crippen LogP contribution in [-0.4, -0.2) is 136 Å². The quantitative estimate of drug-likeness (QED) is 0.0361. The zero-order valence-electron chi connectivity index (χ0n) is 39.3. The third-order valence-electron chi connectivity index (χ3n) is 11.6. The summed E-state index contributed by atoms with van der Waals surface area (Å²) >= 11 is 0. The van der Waals surface area contributed by atoms with E-state index < -0.39 is 0 Å². The van der Waals surface area contributed by atoms with Crippen LogP contribution in [0.2, 0.25) is 0 Å². The van der Waals surface area contributed by atoms with Crippen LogP contribution in [0.3, 0.4) is 0 Å². The largest absolute Gasteiger partial charge is 0.493 e. The first-order valence-corrected chi connectivity index (χ1v) is 23.1. The third-order valence-corrected chi connectivity index (χ3v) is 11.6. The molecule has 6 rings (SSSR count). The minimum absolute atomic E-state index is 0.0708. The Kier molecular flexibility index (Phi) is 20.6. The van der Waals surface area contributed by atoms with Gasteiger partial charge in [0.1, 0.15) is 34.7 Å². The fraction of sp³-hybridized carbons (Fsp3) is 0.462. The molecular formula is C52H70N10O4. The van der Waals surface area contributed by atoms with Crippen LogP contribution >= 0.6 is 0 Å². The van der Waals surface area contributed by atoms with Gasteiger partial charge in [-0.25, -0.2) is 4.85 Å². The Morgan fingerprint density at radius 3 is 1.02 bits per heavy atom. The summed E-state index contributed by atoms with van der Waals surface area (Å²) in [7, 11) is 0. The first kappa shape index (κ1) is 50.8. The van der Waals surface area contributed by atoms with E-state index in [1.165, 1.54) is 0 Å². The average Bonchev–Trinajstić information content (AvgIpc) is 3.33. The molecule has 0 amide bonds. The lowest BCUT2D eigenvalue weighted by atomic mass is 10.1. The molecule has 0 bridgehead atoms. The lowest BCUT2D eigenvalue weighted by Gasteiger charge is -2.37. The molecule has 0 radical (unpaired) electrons. The minimum Gasteiger partial charge on any atom is -0.493 e. The van der Waals surface area contributed by atoms with E-state index in [1.807, 2.05) is 72.8 Å². The highest BCUT2D eigenvalue weighted by molar-refractivity contribution is 5.95. The van der Waals surface area contributed by atoms with E-state index in [4.69, 9.17) is 53.1 Å². The van der Waals surface area contributed by atoms with Gasteiger partial charge >= 0.3 is 0 Å². The van der Waals surface area contributed by atoms with Gasteiger partial charge in [-0.05, 0) is 84.9 Å². The Hall–Kier alpha value is -6.16. The zero-order chi connectivity index (χ0) is 47.3. The highest BCUT2D eigenvalue weighted by atomic mass is 16.5. The highest BCUT2D eigenvalue weighted by Crippen LogP contribution is 2.20. The maximum absolute atomic E-state index is 8.87. The van der Waals surface area contributed by atoms with Crippen molar-refractivity contribution in [1.82, 2.24) is 19.6 Å². The van der Waals surface area contributed by atoms with E-state index >= 15 is 0 Å². The first-order valence-electron chi connectivity index (χ1n) is 23.1. The number of nitrogen functional groups attached to an aromatic ring is 2. The molecule has 14 nitrogen and oxygen atoms in total. The summed E-state index contributed by atoms with van der Waals surface area (Å²) in [6, 6.07) is 31.5. The Bertz CT molecular complexity index is 1990. The minimum atomic E-state index is 0.0708. The summed E-state index contributed by atoms with van der Waals surface area (Å²) in [6.07, 6.45) is 0. The second-order valence-electron chi connectivity index (χ2n) is 18.0. The van der Waals surface area contributed by atoms with Crippen molar-refractivity contribution in [1.29, 1.82) is 16.1 Å². The molecule has 66 heavy (non-hydrogen) atoms. The first-order chi connectivity index (χ1) is 31.8. The van der Waals surface area contributed by atoms with Gasteiger partial charge < -0.3 is 50.0 Å². The van der Waals surface area contributed by atoms with Gasteiger partial charge in [-0.2, -0.15) is 5.26 Å². The van der Waals surface area contributed by atoms with Crippen LogP contribution in [0, 0.1) is 52.4 Å². The molecule has 0 aliphatic carbocycles. The fourth-order valence-electron chi connectivity index (χ4n) is 7.94. The molecule has 2 saturated heterocycles. The summed E-state index contributed by atoms with van der Waals surface area (Å²) in [4.78, 5) is 13.5. The molecule has 4 aromatic carbocycles. The van der Waals surface area contributed by atoms with Crippen LogP contribution in [0.25, 0.3) is 4.85 Å². The second-order valence-corrected chi connectivity index (χ2v) is 18.0. The maximum atomic E-state index is 8.87. The molecule has 4 atom stereocenters. The van der Waals surface area contributed by atoms with Crippen LogP contribution in [-0.2, 0) is 0 Å². The van der Waals surface area contributed by atoms with Crippen molar-refractivity contribution in [3.05, 3.63) is 125 Å². The zero-order valence-corrected chi connectivity index (χ0v) is 39.3. The predicted octanol–water partition coefficient (Wildman–Crippen LogP) is 7.06. The van der Waals surface area contributed by atoms with Gasteiger partial charge in [-0.15, -0.1) is 0 Å². The smallest absolute Gasteiger partial charge is 0.187 e. The number of ether oxygens (including phenoxy) is 4. The monoisotopic (exact) mass is 899 g/mol. The van der Waals surface area contributed by atoms with Gasteiger partial charge in [-0.3, -0.25) is 10.8 Å². The van der Waals surface area contributed by atoms with Gasteiger partial charge in [0.2, 0.25) is 0 Å². The number of rotatable bonds is 22. The molecule has 14 heteroatoms. The molecule has 352 valence electrons. The average molecular weight is 899 g/mol. The van der Waals surface area contributed by atoms with Crippen LogP contribution < -0.4 is 30.4 Å². The van der Waals surface area contributed by atoms with Crippen molar-refractivity contribution < 1.29 is 18.9 Å². The molecule has 0 aromatic heterocycles. The topological polar surface area (TPSA) is 178 Å². The second kappa shape index (κ2) is 26.7. The number of nitrogens with two attached hydrogens (primary N) is 2. The molecule has 4 aromatic rings. The highest BCUT2D eigenvalue weighted by Gasteiger charge is 2.22.